The molecule has 0 aliphatic rings. The van der Waals surface area contributed by atoms with Crippen molar-refractivity contribution in [3.63, 3.8) is 0 Å². The smallest absolute Gasteiger partial charge is 0.257 e. The SMILES string of the molecule is COc1ccc(C(=O)Nc2nnc(SCc3c(F)cccc3F)s2)cc1. The van der Waals surface area contributed by atoms with Crippen LogP contribution in [0.25, 0.3) is 0 Å². The first-order valence-electron chi connectivity index (χ1n) is 7.41. The van der Waals surface area contributed by atoms with Gasteiger partial charge in [0.05, 0.1) is 7.11 Å². The highest BCUT2D eigenvalue weighted by atomic mass is 32.2. The van der Waals surface area contributed by atoms with Crippen molar-refractivity contribution in [3.8, 4) is 5.75 Å². The topological polar surface area (TPSA) is 64.1 Å². The molecule has 1 heterocycles. The van der Waals surface area contributed by atoms with Crippen LogP contribution in [0.1, 0.15) is 15.9 Å². The van der Waals surface area contributed by atoms with E-state index in [4.69, 9.17) is 4.74 Å². The maximum Gasteiger partial charge on any atom is 0.257 e. The van der Waals surface area contributed by atoms with Gasteiger partial charge in [-0.3, -0.25) is 10.1 Å². The number of anilines is 1. The minimum absolute atomic E-state index is 0.0171. The highest BCUT2D eigenvalue weighted by Crippen LogP contribution is 2.30. The average Bonchev–Trinajstić information content (AvgIpc) is 3.08. The van der Waals surface area contributed by atoms with Gasteiger partial charge in [0.1, 0.15) is 17.4 Å². The molecule has 3 rings (SSSR count). The van der Waals surface area contributed by atoms with E-state index in [9.17, 15) is 13.6 Å². The Hall–Kier alpha value is -2.52. The minimum atomic E-state index is -0.602. The summed E-state index contributed by atoms with van der Waals surface area (Å²) < 4.78 is 32.8. The molecular formula is C17H13F2N3O2S2. The Kier molecular flexibility index (Phi) is 5.79. The number of thioether (sulfide) groups is 1. The molecule has 0 fully saturated rings. The van der Waals surface area contributed by atoms with E-state index in [-0.39, 0.29) is 17.2 Å². The Morgan fingerprint density at radius 2 is 1.85 bits per heavy atom. The van der Waals surface area contributed by atoms with Crippen LogP contribution >= 0.6 is 23.1 Å². The van der Waals surface area contributed by atoms with E-state index in [1.165, 1.54) is 18.2 Å². The van der Waals surface area contributed by atoms with E-state index in [1.807, 2.05) is 0 Å². The van der Waals surface area contributed by atoms with Gasteiger partial charge in [0.25, 0.3) is 5.91 Å². The summed E-state index contributed by atoms with van der Waals surface area (Å²) in [4.78, 5) is 12.2. The Labute approximate surface area is 156 Å². The number of ether oxygens (including phenoxy) is 1. The number of amides is 1. The first-order valence-corrected chi connectivity index (χ1v) is 9.21. The van der Waals surface area contributed by atoms with Crippen LogP contribution in [-0.4, -0.2) is 23.2 Å². The molecule has 1 aromatic heterocycles. The highest BCUT2D eigenvalue weighted by Gasteiger charge is 2.13. The Morgan fingerprint density at radius 1 is 1.15 bits per heavy atom. The van der Waals surface area contributed by atoms with Crippen molar-refractivity contribution in [2.45, 2.75) is 10.1 Å². The molecule has 134 valence electrons. The van der Waals surface area contributed by atoms with E-state index in [2.05, 4.69) is 15.5 Å². The molecule has 26 heavy (non-hydrogen) atoms. The van der Waals surface area contributed by atoms with Crippen LogP contribution in [0.15, 0.2) is 46.8 Å². The molecule has 3 aromatic rings. The quantitative estimate of drug-likeness (QED) is 0.498. The van der Waals surface area contributed by atoms with Gasteiger partial charge < -0.3 is 4.74 Å². The third-order valence-corrected chi connectivity index (χ3v) is 5.38. The second-order valence-electron chi connectivity index (χ2n) is 5.04. The van der Waals surface area contributed by atoms with E-state index >= 15 is 0 Å². The van der Waals surface area contributed by atoms with Crippen LogP contribution < -0.4 is 10.1 Å². The van der Waals surface area contributed by atoms with Crippen LogP contribution in [0.3, 0.4) is 0 Å². The predicted octanol–water partition coefficient (Wildman–Crippen LogP) is 4.37. The largest absolute Gasteiger partial charge is 0.497 e. The number of nitrogens with one attached hydrogen (secondary N) is 1. The van der Waals surface area contributed by atoms with Crippen molar-refractivity contribution < 1.29 is 18.3 Å². The summed E-state index contributed by atoms with van der Waals surface area (Å²) in [5.41, 5.74) is 0.431. The van der Waals surface area contributed by atoms with Gasteiger partial charge in [-0.1, -0.05) is 29.2 Å². The van der Waals surface area contributed by atoms with Crippen LogP contribution in [0.4, 0.5) is 13.9 Å². The molecule has 0 atom stereocenters. The summed E-state index contributed by atoms with van der Waals surface area (Å²) in [6.45, 7) is 0. The highest BCUT2D eigenvalue weighted by molar-refractivity contribution is 8.00. The van der Waals surface area contributed by atoms with E-state index in [1.54, 1.807) is 31.4 Å². The third-order valence-electron chi connectivity index (χ3n) is 3.38. The van der Waals surface area contributed by atoms with E-state index in [0.717, 1.165) is 23.1 Å². The molecule has 1 amide bonds. The zero-order valence-electron chi connectivity index (χ0n) is 13.5. The lowest BCUT2D eigenvalue weighted by atomic mass is 10.2. The van der Waals surface area contributed by atoms with Crippen molar-refractivity contribution >= 4 is 34.1 Å². The summed E-state index contributed by atoms with van der Waals surface area (Å²) in [6.07, 6.45) is 0. The summed E-state index contributed by atoms with van der Waals surface area (Å²) in [5, 5.41) is 10.7. The first kappa shape index (κ1) is 18.3. The molecule has 0 aliphatic carbocycles. The number of halogens is 2. The second kappa shape index (κ2) is 8.24. The molecule has 0 bridgehead atoms. The zero-order chi connectivity index (χ0) is 18.5. The Morgan fingerprint density at radius 3 is 2.50 bits per heavy atom. The molecule has 0 saturated heterocycles. The first-order chi connectivity index (χ1) is 12.6. The number of rotatable bonds is 6. The van der Waals surface area contributed by atoms with E-state index < -0.39 is 11.6 Å². The summed E-state index contributed by atoms with van der Waals surface area (Å²) in [5.74, 6) is -0.804. The molecule has 0 spiro atoms. The number of aromatic nitrogens is 2. The minimum Gasteiger partial charge on any atom is -0.497 e. The lowest BCUT2D eigenvalue weighted by Crippen LogP contribution is -2.11. The molecule has 0 radical (unpaired) electrons. The van der Waals surface area contributed by atoms with Crippen molar-refractivity contribution in [1.82, 2.24) is 10.2 Å². The summed E-state index contributed by atoms with van der Waals surface area (Å²) in [7, 11) is 1.54. The lowest BCUT2D eigenvalue weighted by Gasteiger charge is -2.03. The maximum atomic E-state index is 13.6. The number of hydrogen-bond acceptors (Lipinski definition) is 6. The van der Waals surface area contributed by atoms with Crippen molar-refractivity contribution in [2.75, 3.05) is 12.4 Å². The fourth-order valence-electron chi connectivity index (χ4n) is 2.03. The van der Waals surface area contributed by atoms with Gasteiger partial charge in [0, 0.05) is 16.9 Å². The maximum absolute atomic E-state index is 13.6. The van der Waals surface area contributed by atoms with Crippen LogP contribution in [0.2, 0.25) is 0 Å². The Balaban J connectivity index is 1.61. The van der Waals surface area contributed by atoms with Crippen molar-refractivity contribution in [3.05, 3.63) is 65.2 Å². The van der Waals surface area contributed by atoms with Crippen molar-refractivity contribution in [1.29, 1.82) is 0 Å². The number of nitrogens with zero attached hydrogens (tertiary/aromatic N) is 2. The van der Waals surface area contributed by atoms with Gasteiger partial charge in [-0.2, -0.15) is 0 Å². The van der Waals surface area contributed by atoms with E-state index in [0.29, 0.717) is 20.8 Å². The molecule has 5 nitrogen and oxygen atoms in total. The van der Waals surface area contributed by atoms with Crippen LogP contribution in [0.5, 0.6) is 5.75 Å². The van der Waals surface area contributed by atoms with Gasteiger partial charge in [-0.05, 0) is 36.4 Å². The normalized spacial score (nSPS) is 10.6. The van der Waals surface area contributed by atoms with Gasteiger partial charge in [-0.25, -0.2) is 8.78 Å². The molecule has 0 unspecified atom stereocenters. The molecular weight excluding hydrogens is 380 g/mol. The fourth-order valence-corrected chi connectivity index (χ4v) is 3.80. The van der Waals surface area contributed by atoms with Gasteiger partial charge >= 0.3 is 0 Å². The monoisotopic (exact) mass is 393 g/mol. The summed E-state index contributed by atoms with van der Waals surface area (Å²) in [6, 6.07) is 10.4. The van der Waals surface area contributed by atoms with Gasteiger partial charge in [0.2, 0.25) is 5.13 Å². The summed E-state index contributed by atoms with van der Waals surface area (Å²) >= 11 is 2.28. The standard InChI is InChI=1S/C17H13F2N3O2S2/c1-24-11-7-5-10(6-8-11)15(23)20-16-21-22-17(26-16)25-9-12-13(18)3-2-4-14(12)19/h2-8H,9H2,1H3,(H,20,21,23). The fraction of sp³-hybridized carbons (Fsp3) is 0.118. The third kappa shape index (κ3) is 4.36. The predicted molar refractivity (Wildman–Crippen MR) is 96.8 cm³/mol. The lowest BCUT2D eigenvalue weighted by molar-refractivity contribution is 0.102. The number of carbonyl (C=O) groups is 1. The molecule has 9 heteroatoms. The second-order valence-corrected chi connectivity index (χ2v) is 7.24. The number of carbonyl (C=O) groups excluding carboxylic acids is 1. The van der Waals surface area contributed by atoms with Crippen molar-refractivity contribution in [2.24, 2.45) is 0 Å². The molecule has 2 aromatic carbocycles. The number of hydrogen-bond donors (Lipinski definition) is 1. The molecule has 0 aliphatic heterocycles. The zero-order valence-corrected chi connectivity index (χ0v) is 15.2. The number of methoxy groups -OCH3 is 1. The van der Waals surface area contributed by atoms with Gasteiger partial charge in [0.15, 0.2) is 4.34 Å². The van der Waals surface area contributed by atoms with Crippen LogP contribution in [-0.2, 0) is 5.75 Å². The molecule has 0 saturated carbocycles. The van der Waals surface area contributed by atoms with Crippen LogP contribution in [0, 0.1) is 11.6 Å². The number of benzene rings is 2. The molecule has 1 N–H and O–H groups in total. The van der Waals surface area contributed by atoms with Gasteiger partial charge in [-0.15, -0.1) is 10.2 Å². The average molecular weight is 393 g/mol. The Bertz CT molecular complexity index is 896.